The van der Waals surface area contributed by atoms with Gasteiger partial charge in [-0.3, -0.25) is 9.97 Å². The lowest BCUT2D eigenvalue weighted by Gasteiger charge is -2.32. The van der Waals surface area contributed by atoms with Crippen molar-refractivity contribution in [2.75, 3.05) is 18.0 Å². The Hall–Kier alpha value is -3.02. The van der Waals surface area contributed by atoms with Crippen molar-refractivity contribution in [3.8, 4) is 11.3 Å². The van der Waals surface area contributed by atoms with Crippen LogP contribution in [0.1, 0.15) is 6.42 Å². The van der Waals surface area contributed by atoms with E-state index in [0.717, 1.165) is 46.7 Å². The fourth-order valence-electron chi connectivity index (χ4n) is 3.01. The molecule has 0 bridgehead atoms. The standard InChI is InChI=1S/C17H14N6/c1-8-22(9-1)15-4-5-21-23-16(11-20-17(15)23)12-2-3-13-14(10-12)19-7-6-18-13/h2-7,10-11H,1,8-9H2. The van der Waals surface area contributed by atoms with Gasteiger partial charge in [-0.2, -0.15) is 5.10 Å². The van der Waals surface area contributed by atoms with Gasteiger partial charge in [0.15, 0.2) is 5.65 Å². The SMILES string of the molecule is c1cnc2cc(-c3cnc4c(N5CCC5)ccnn34)ccc2n1. The van der Waals surface area contributed by atoms with Crippen molar-refractivity contribution in [1.82, 2.24) is 24.6 Å². The van der Waals surface area contributed by atoms with E-state index in [2.05, 4.69) is 25.0 Å². The molecule has 5 rings (SSSR count). The quantitative estimate of drug-likeness (QED) is 0.569. The highest BCUT2D eigenvalue weighted by Gasteiger charge is 2.19. The van der Waals surface area contributed by atoms with Crippen LogP contribution in [0.25, 0.3) is 27.9 Å². The van der Waals surface area contributed by atoms with Crippen LogP contribution >= 0.6 is 0 Å². The molecule has 112 valence electrons. The van der Waals surface area contributed by atoms with Crippen LogP contribution in [0.4, 0.5) is 5.69 Å². The maximum absolute atomic E-state index is 4.60. The van der Waals surface area contributed by atoms with Gasteiger partial charge < -0.3 is 4.90 Å². The summed E-state index contributed by atoms with van der Waals surface area (Å²) in [6.07, 6.45) is 8.37. The number of anilines is 1. The highest BCUT2D eigenvalue weighted by atomic mass is 15.3. The minimum absolute atomic E-state index is 0.874. The molecular weight excluding hydrogens is 288 g/mol. The summed E-state index contributed by atoms with van der Waals surface area (Å²) in [6.45, 7) is 2.18. The smallest absolute Gasteiger partial charge is 0.177 e. The number of rotatable bonds is 2. The van der Waals surface area contributed by atoms with E-state index >= 15 is 0 Å². The molecule has 6 nitrogen and oxygen atoms in total. The van der Waals surface area contributed by atoms with Gasteiger partial charge in [-0.1, -0.05) is 6.07 Å². The van der Waals surface area contributed by atoms with Crippen LogP contribution in [0.3, 0.4) is 0 Å². The van der Waals surface area contributed by atoms with E-state index in [1.54, 1.807) is 12.4 Å². The summed E-state index contributed by atoms with van der Waals surface area (Å²) in [5.41, 5.74) is 5.83. The zero-order valence-corrected chi connectivity index (χ0v) is 12.4. The minimum atomic E-state index is 0.874. The van der Waals surface area contributed by atoms with Crippen LogP contribution in [0, 0.1) is 0 Å². The maximum Gasteiger partial charge on any atom is 0.177 e. The third-order valence-electron chi connectivity index (χ3n) is 4.34. The molecule has 4 heterocycles. The number of hydrogen-bond acceptors (Lipinski definition) is 5. The van der Waals surface area contributed by atoms with Crippen LogP contribution < -0.4 is 4.90 Å². The molecule has 0 radical (unpaired) electrons. The van der Waals surface area contributed by atoms with E-state index in [-0.39, 0.29) is 0 Å². The lowest BCUT2D eigenvalue weighted by atomic mass is 10.1. The van der Waals surface area contributed by atoms with Gasteiger partial charge in [0.05, 0.1) is 34.8 Å². The second-order valence-electron chi connectivity index (χ2n) is 5.70. The monoisotopic (exact) mass is 302 g/mol. The van der Waals surface area contributed by atoms with Crippen molar-refractivity contribution in [1.29, 1.82) is 0 Å². The van der Waals surface area contributed by atoms with Gasteiger partial charge in [-0.25, -0.2) is 9.50 Å². The molecule has 0 atom stereocenters. The van der Waals surface area contributed by atoms with E-state index < -0.39 is 0 Å². The Labute approximate surface area is 132 Å². The summed E-state index contributed by atoms with van der Waals surface area (Å²) < 4.78 is 1.91. The Balaban J connectivity index is 1.69. The average Bonchev–Trinajstić information content (AvgIpc) is 2.98. The highest BCUT2D eigenvalue weighted by molar-refractivity contribution is 5.81. The van der Waals surface area contributed by atoms with E-state index in [1.165, 1.54) is 6.42 Å². The van der Waals surface area contributed by atoms with E-state index in [9.17, 15) is 0 Å². The molecule has 0 amide bonds. The first kappa shape index (κ1) is 12.5. The predicted molar refractivity (Wildman–Crippen MR) is 88.3 cm³/mol. The van der Waals surface area contributed by atoms with Gasteiger partial charge in [0.2, 0.25) is 0 Å². The highest BCUT2D eigenvalue weighted by Crippen LogP contribution is 2.28. The zero-order valence-electron chi connectivity index (χ0n) is 12.4. The molecule has 0 saturated carbocycles. The number of fused-ring (bicyclic) bond motifs is 2. The molecule has 1 saturated heterocycles. The molecule has 0 N–H and O–H groups in total. The number of hydrogen-bond donors (Lipinski definition) is 0. The Bertz CT molecular complexity index is 1020. The van der Waals surface area contributed by atoms with Gasteiger partial charge in [0, 0.05) is 31.0 Å². The molecule has 3 aromatic heterocycles. The third kappa shape index (κ3) is 1.88. The lowest BCUT2D eigenvalue weighted by molar-refractivity contribution is 0.617. The fraction of sp³-hybridized carbons (Fsp3) is 0.176. The minimum Gasteiger partial charge on any atom is -0.368 e. The van der Waals surface area contributed by atoms with Gasteiger partial charge >= 0.3 is 0 Å². The molecule has 0 spiro atoms. The van der Waals surface area contributed by atoms with Crippen molar-refractivity contribution in [2.45, 2.75) is 6.42 Å². The average molecular weight is 302 g/mol. The van der Waals surface area contributed by atoms with Gasteiger partial charge in [-0.05, 0) is 24.6 Å². The Morgan fingerprint density at radius 1 is 0.870 bits per heavy atom. The Kier molecular flexibility index (Phi) is 2.58. The molecule has 0 aliphatic carbocycles. The summed E-state index contributed by atoms with van der Waals surface area (Å²) in [6, 6.07) is 8.09. The molecule has 1 aromatic carbocycles. The number of nitrogens with zero attached hydrogens (tertiary/aromatic N) is 6. The van der Waals surface area contributed by atoms with E-state index in [0.29, 0.717) is 0 Å². The van der Waals surface area contributed by atoms with Gasteiger partial charge in [0.25, 0.3) is 0 Å². The van der Waals surface area contributed by atoms with Crippen LogP contribution in [-0.2, 0) is 0 Å². The molecule has 1 aliphatic rings. The van der Waals surface area contributed by atoms with Crippen molar-refractivity contribution in [2.24, 2.45) is 0 Å². The normalized spacial score (nSPS) is 14.3. The molecule has 1 aliphatic heterocycles. The lowest BCUT2D eigenvalue weighted by Crippen LogP contribution is -2.37. The van der Waals surface area contributed by atoms with Crippen LogP contribution in [0.2, 0.25) is 0 Å². The molecular formula is C17H14N6. The number of aromatic nitrogens is 5. The second kappa shape index (κ2) is 4.74. The summed E-state index contributed by atoms with van der Waals surface area (Å²) in [4.78, 5) is 15.6. The number of benzene rings is 1. The molecule has 6 heteroatoms. The summed E-state index contributed by atoms with van der Waals surface area (Å²) in [7, 11) is 0. The molecule has 0 unspecified atom stereocenters. The maximum atomic E-state index is 4.60. The molecule has 4 aromatic rings. The van der Waals surface area contributed by atoms with Crippen molar-refractivity contribution in [3.63, 3.8) is 0 Å². The second-order valence-corrected chi connectivity index (χ2v) is 5.70. The Morgan fingerprint density at radius 3 is 2.57 bits per heavy atom. The van der Waals surface area contributed by atoms with Gasteiger partial charge in [0.1, 0.15) is 0 Å². The largest absolute Gasteiger partial charge is 0.368 e. The Morgan fingerprint density at radius 2 is 1.74 bits per heavy atom. The first-order valence-electron chi connectivity index (χ1n) is 7.69. The van der Waals surface area contributed by atoms with Gasteiger partial charge in [-0.15, -0.1) is 0 Å². The van der Waals surface area contributed by atoms with Crippen molar-refractivity contribution < 1.29 is 0 Å². The van der Waals surface area contributed by atoms with E-state index in [1.807, 2.05) is 41.2 Å². The number of imidazole rings is 1. The predicted octanol–water partition coefficient (Wildman–Crippen LogP) is 2.55. The van der Waals surface area contributed by atoms with Crippen molar-refractivity contribution in [3.05, 3.63) is 49.1 Å². The summed E-state index contributed by atoms with van der Waals surface area (Å²) in [5, 5.41) is 4.49. The summed E-state index contributed by atoms with van der Waals surface area (Å²) >= 11 is 0. The first-order chi connectivity index (χ1) is 11.4. The topological polar surface area (TPSA) is 59.2 Å². The van der Waals surface area contributed by atoms with Crippen LogP contribution in [0.5, 0.6) is 0 Å². The molecule has 1 fully saturated rings. The van der Waals surface area contributed by atoms with Crippen LogP contribution in [-0.4, -0.2) is 37.7 Å². The fourth-order valence-corrected chi connectivity index (χ4v) is 3.01. The summed E-state index contributed by atoms with van der Waals surface area (Å²) in [5.74, 6) is 0. The molecule has 23 heavy (non-hydrogen) atoms. The third-order valence-corrected chi connectivity index (χ3v) is 4.34. The van der Waals surface area contributed by atoms with E-state index in [4.69, 9.17) is 0 Å². The first-order valence-corrected chi connectivity index (χ1v) is 7.69. The van der Waals surface area contributed by atoms with Crippen LogP contribution in [0.15, 0.2) is 49.1 Å². The zero-order chi connectivity index (χ0) is 15.2. The van der Waals surface area contributed by atoms with Crippen molar-refractivity contribution >= 4 is 22.4 Å².